The largest absolute Gasteiger partial charge is 0.368 e. The molecular weight excluding hydrogens is 306 g/mol. The highest BCUT2D eigenvalue weighted by molar-refractivity contribution is 7.99. The lowest BCUT2D eigenvalue weighted by Gasteiger charge is -2.27. The second kappa shape index (κ2) is 7.47. The van der Waals surface area contributed by atoms with E-state index in [1.165, 1.54) is 0 Å². The van der Waals surface area contributed by atoms with Crippen LogP contribution in [0.4, 0.5) is 0 Å². The Morgan fingerprint density at radius 1 is 1.57 bits per heavy atom. The molecular formula is C15H22ClN3OS. The van der Waals surface area contributed by atoms with Crippen LogP contribution in [0, 0.1) is 0 Å². The lowest BCUT2D eigenvalue weighted by Crippen LogP contribution is -2.53. The molecule has 0 spiro atoms. The van der Waals surface area contributed by atoms with Gasteiger partial charge in [0, 0.05) is 12.2 Å². The Hall–Kier alpha value is -0.780. The van der Waals surface area contributed by atoms with Gasteiger partial charge >= 0.3 is 0 Å². The van der Waals surface area contributed by atoms with E-state index in [0.29, 0.717) is 11.1 Å². The van der Waals surface area contributed by atoms with Crippen LogP contribution in [0.5, 0.6) is 0 Å². The molecule has 116 valence electrons. The summed E-state index contributed by atoms with van der Waals surface area (Å²) in [7, 11) is 0. The summed E-state index contributed by atoms with van der Waals surface area (Å²) in [5, 5.41) is 4.93. The number of halogens is 1. The zero-order valence-electron chi connectivity index (χ0n) is 12.3. The van der Waals surface area contributed by atoms with Gasteiger partial charge in [0.25, 0.3) is 0 Å². The van der Waals surface area contributed by atoms with Crippen molar-refractivity contribution in [3.05, 3.63) is 23.4 Å². The number of hydrogen-bond acceptors (Lipinski definition) is 4. The molecule has 1 fully saturated rings. The molecule has 0 bridgehead atoms. The van der Waals surface area contributed by atoms with E-state index in [1.54, 1.807) is 18.0 Å². The molecule has 1 heterocycles. The first-order valence-corrected chi connectivity index (χ1v) is 8.68. The third-order valence-electron chi connectivity index (χ3n) is 3.68. The number of carbonyl (C=O) groups excluding carboxylic acids is 1. The van der Waals surface area contributed by atoms with Gasteiger partial charge in [0.15, 0.2) is 0 Å². The third kappa shape index (κ3) is 5.16. The smallest absolute Gasteiger partial charge is 0.237 e. The summed E-state index contributed by atoms with van der Waals surface area (Å²) in [4.78, 5) is 15.9. The molecule has 21 heavy (non-hydrogen) atoms. The highest BCUT2D eigenvalue weighted by Gasteiger charge is 2.36. The highest BCUT2D eigenvalue weighted by Crippen LogP contribution is 2.27. The molecule has 1 saturated carbocycles. The van der Waals surface area contributed by atoms with E-state index in [-0.39, 0.29) is 5.91 Å². The van der Waals surface area contributed by atoms with Crippen molar-refractivity contribution in [2.45, 2.75) is 55.6 Å². The molecule has 3 N–H and O–H groups in total. The first-order valence-electron chi connectivity index (χ1n) is 7.32. The Labute approximate surface area is 135 Å². The van der Waals surface area contributed by atoms with Crippen molar-refractivity contribution in [1.29, 1.82) is 0 Å². The van der Waals surface area contributed by atoms with Crippen molar-refractivity contribution in [2.75, 3.05) is 5.75 Å². The fraction of sp³-hybridized carbons (Fsp3) is 0.600. The monoisotopic (exact) mass is 327 g/mol. The Balaban J connectivity index is 1.70. The van der Waals surface area contributed by atoms with E-state index in [1.807, 2.05) is 19.1 Å². The summed E-state index contributed by atoms with van der Waals surface area (Å²) in [6.45, 7) is 1.91. The first-order chi connectivity index (χ1) is 10.0. The van der Waals surface area contributed by atoms with Crippen LogP contribution in [0.1, 0.15) is 39.0 Å². The molecule has 1 aliphatic rings. The fourth-order valence-corrected chi connectivity index (χ4v) is 3.34. The topological polar surface area (TPSA) is 68.0 Å². The second-order valence-corrected chi connectivity index (χ2v) is 7.20. The summed E-state index contributed by atoms with van der Waals surface area (Å²) < 4.78 is 0. The van der Waals surface area contributed by atoms with Gasteiger partial charge in [-0.1, -0.05) is 18.0 Å². The average molecular weight is 328 g/mol. The van der Waals surface area contributed by atoms with Gasteiger partial charge in [0.05, 0.1) is 10.6 Å². The molecule has 1 unspecified atom stereocenters. The van der Waals surface area contributed by atoms with Crippen LogP contribution in [0.25, 0.3) is 0 Å². The van der Waals surface area contributed by atoms with Crippen molar-refractivity contribution < 1.29 is 4.79 Å². The molecule has 0 saturated heterocycles. The predicted molar refractivity (Wildman–Crippen MR) is 87.6 cm³/mol. The van der Waals surface area contributed by atoms with Crippen molar-refractivity contribution in [3.8, 4) is 0 Å². The van der Waals surface area contributed by atoms with E-state index in [0.717, 1.165) is 42.9 Å². The number of amides is 1. The number of pyridine rings is 1. The van der Waals surface area contributed by atoms with Crippen molar-refractivity contribution in [3.63, 3.8) is 0 Å². The number of aromatic nitrogens is 1. The molecule has 0 radical (unpaired) electrons. The number of unbranched alkanes of at least 4 members (excludes halogenated alkanes) is 1. The molecule has 4 nitrogen and oxygen atoms in total. The van der Waals surface area contributed by atoms with Gasteiger partial charge in [-0.15, -0.1) is 11.8 Å². The summed E-state index contributed by atoms with van der Waals surface area (Å²) in [5.41, 5.74) is 4.96. The number of carbonyl (C=O) groups is 1. The lowest BCUT2D eigenvalue weighted by atomic mass is 9.94. The molecule has 1 aromatic heterocycles. The number of nitrogens with one attached hydrogen (secondary N) is 1. The van der Waals surface area contributed by atoms with Gasteiger partial charge in [-0.3, -0.25) is 4.79 Å². The molecule has 6 heteroatoms. The minimum absolute atomic E-state index is 0.255. The summed E-state index contributed by atoms with van der Waals surface area (Å²) in [6.07, 6.45) is 6.78. The minimum Gasteiger partial charge on any atom is -0.368 e. The van der Waals surface area contributed by atoms with Crippen LogP contribution >= 0.6 is 23.4 Å². The molecule has 1 amide bonds. The van der Waals surface area contributed by atoms with E-state index in [9.17, 15) is 4.79 Å². The average Bonchev–Trinajstić information content (AvgIpc) is 3.24. The Morgan fingerprint density at radius 2 is 2.33 bits per heavy atom. The molecule has 1 aliphatic carbocycles. The summed E-state index contributed by atoms with van der Waals surface area (Å²) in [5.74, 6) is 0.685. The highest BCUT2D eigenvalue weighted by atomic mass is 35.5. The maximum Gasteiger partial charge on any atom is 0.237 e. The maximum absolute atomic E-state index is 11.6. The molecule has 0 aliphatic heterocycles. The predicted octanol–water partition coefficient (Wildman–Crippen LogP) is 2.99. The van der Waals surface area contributed by atoms with Gasteiger partial charge in [0.1, 0.15) is 5.03 Å². The van der Waals surface area contributed by atoms with Crippen molar-refractivity contribution in [1.82, 2.24) is 10.3 Å². The van der Waals surface area contributed by atoms with Crippen LogP contribution in [0.2, 0.25) is 5.02 Å². The fourth-order valence-electron chi connectivity index (χ4n) is 2.17. The zero-order valence-corrected chi connectivity index (χ0v) is 13.8. The van der Waals surface area contributed by atoms with Crippen LogP contribution in [-0.2, 0) is 4.79 Å². The number of thioether (sulfide) groups is 1. The Kier molecular flexibility index (Phi) is 5.90. The standard InChI is InChI=1S/C15H22ClN3OS/c1-15(14(17)20,19-11-6-7-11)8-2-3-10-21-13-12(16)5-4-9-18-13/h4-5,9,11,19H,2-3,6-8,10H2,1H3,(H2,17,20). The summed E-state index contributed by atoms with van der Waals surface area (Å²) in [6, 6.07) is 4.15. The van der Waals surface area contributed by atoms with Crippen LogP contribution < -0.4 is 11.1 Å². The van der Waals surface area contributed by atoms with Crippen molar-refractivity contribution >= 4 is 29.3 Å². The van der Waals surface area contributed by atoms with Gasteiger partial charge in [-0.25, -0.2) is 4.98 Å². The SMILES string of the molecule is CC(CCCCSc1ncccc1Cl)(NC1CC1)C(N)=O. The van der Waals surface area contributed by atoms with Gasteiger partial charge in [0.2, 0.25) is 5.91 Å². The van der Waals surface area contributed by atoms with Crippen LogP contribution in [0.15, 0.2) is 23.4 Å². The van der Waals surface area contributed by atoms with Gasteiger partial charge in [-0.2, -0.15) is 0 Å². The van der Waals surface area contributed by atoms with Crippen LogP contribution in [-0.4, -0.2) is 28.2 Å². The van der Waals surface area contributed by atoms with Gasteiger partial charge in [-0.05, 0) is 50.5 Å². The van der Waals surface area contributed by atoms with E-state index in [2.05, 4.69) is 10.3 Å². The summed E-state index contributed by atoms with van der Waals surface area (Å²) >= 11 is 7.71. The Morgan fingerprint density at radius 3 is 2.95 bits per heavy atom. The number of rotatable bonds is 9. The normalized spacial score (nSPS) is 17.4. The number of hydrogen-bond donors (Lipinski definition) is 2. The molecule has 1 atom stereocenters. The van der Waals surface area contributed by atoms with E-state index in [4.69, 9.17) is 17.3 Å². The lowest BCUT2D eigenvalue weighted by molar-refractivity contribution is -0.124. The van der Waals surface area contributed by atoms with E-state index >= 15 is 0 Å². The van der Waals surface area contributed by atoms with Gasteiger partial charge < -0.3 is 11.1 Å². The van der Waals surface area contributed by atoms with Crippen molar-refractivity contribution in [2.24, 2.45) is 5.73 Å². The minimum atomic E-state index is -0.575. The Bertz CT molecular complexity index is 496. The molecule has 0 aromatic carbocycles. The number of nitrogens with zero attached hydrogens (tertiary/aromatic N) is 1. The van der Waals surface area contributed by atoms with E-state index < -0.39 is 5.54 Å². The quantitative estimate of drug-likeness (QED) is 0.540. The maximum atomic E-state index is 11.6. The molecule has 1 aromatic rings. The first kappa shape index (κ1) is 16.6. The number of primary amides is 1. The number of nitrogens with two attached hydrogens (primary N) is 1. The second-order valence-electron chi connectivity index (χ2n) is 5.71. The zero-order chi connectivity index (χ0) is 15.3. The third-order valence-corrected chi connectivity index (χ3v) is 5.19. The van der Waals surface area contributed by atoms with Crippen LogP contribution in [0.3, 0.4) is 0 Å². The molecule has 2 rings (SSSR count).